The van der Waals surface area contributed by atoms with Gasteiger partial charge in [0.2, 0.25) is 10.0 Å². The highest BCUT2D eigenvalue weighted by molar-refractivity contribution is 7.89. The maximum absolute atomic E-state index is 13.7. The van der Waals surface area contributed by atoms with Gasteiger partial charge in [-0.25, -0.2) is 17.2 Å². The molecule has 1 N–H and O–H groups in total. The predicted molar refractivity (Wildman–Crippen MR) is 94.4 cm³/mol. The van der Waals surface area contributed by atoms with Crippen molar-refractivity contribution < 1.29 is 26.4 Å². The molecule has 1 aromatic carbocycles. The molecule has 0 radical (unpaired) electrons. The minimum Gasteiger partial charge on any atom is -0.451 e. The SMILES string of the molecule is Cc1c(C(=O)NC2CC2)oc2ccc(S(=O)(=O)N3CCCC(F)(F)C3)cc12. The van der Waals surface area contributed by atoms with Gasteiger partial charge in [0.15, 0.2) is 5.76 Å². The molecule has 0 unspecified atom stereocenters. The van der Waals surface area contributed by atoms with Crippen LogP contribution in [0.25, 0.3) is 11.0 Å². The molecule has 0 spiro atoms. The Balaban J connectivity index is 1.68. The molecule has 9 heteroatoms. The van der Waals surface area contributed by atoms with Crippen molar-refractivity contribution >= 4 is 26.9 Å². The molecule has 6 nitrogen and oxygen atoms in total. The van der Waals surface area contributed by atoms with Crippen LogP contribution >= 0.6 is 0 Å². The molecule has 2 aliphatic rings. The van der Waals surface area contributed by atoms with Gasteiger partial charge in [-0.3, -0.25) is 4.79 Å². The normalized spacial score (nSPS) is 20.7. The molecule has 1 saturated carbocycles. The maximum atomic E-state index is 13.7. The van der Waals surface area contributed by atoms with E-state index in [1.54, 1.807) is 6.92 Å². The van der Waals surface area contributed by atoms with Gasteiger partial charge >= 0.3 is 0 Å². The zero-order chi connectivity index (χ0) is 19.4. The summed E-state index contributed by atoms with van der Waals surface area (Å²) in [5, 5.41) is 3.32. The molecule has 1 aromatic heterocycles. The lowest BCUT2D eigenvalue weighted by molar-refractivity contribution is -0.0434. The Kier molecular flexibility index (Phi) is 4.27. The van der Waals surface area contributed by atoms with Gasteiger partial charge in [0, 0.05) is 30.0 Å². The molecular weight excluding hydrogens is 378 g/mol. The van der Waals surface area contributed by atoms with E-state index in [1.807, 2.05) is 0 Å². The maximum Gasteiger partial charge on any atom is 0.287 e. The van der Waals surface area contributed by atoms with Crippen LogP contribution in [0.15, 0.2) is 27.5 Å². The number of carbonyl (C=O) groups is 1. The third-order valence-electron chi connectivity index (χ3n) is 5.02. The second-order valence-electron chi connectivity index (χ2n) is 7.26. The van der Waals surface area contributed by atoms with E-state index in [9.17, 15) is 22.0 Å². The largest absolute Gasteiger partial charge is 0.451 e. The fourth-order valence-electron chi connectivity index (χ4n) is 3.34. The van der Waals surface area contributed by atoms with E-state index >= 15 is 0 Å². The van der Waals surface area contributed by atoms with Crippen molar-refractivity contribution in [1.82, 2.24) is 9.62 Å². The zero-order valence-corrected chi connectivity index (χ0v) is 15.6. The van der Waals surface area contributed by atoms with Gasteiger partial charge in [0.1, 0.15) is 5.58 Å². The van der Waals surface area contributed by atoms with E-state index in [1.165, 1.54) is 18.2 Å². The second kappa shape index (κ2) is 6.27. The van der Waals surface area contributed by atoms with E-state index in [0.717, 1.165) is 17.1 Å². The molecule has 146 valence electrons. The number of piperidine rings is 1. The molecule has 2 heterocycles. The number of halogens is 2. The molecule has 1 aliphatic carbocycles. The van der Waals surface area contributed by atoms with Crippen LogP contribution in [0.3, 0.4) is 0 Å². The predicted octanol–water partition coefficient (Wildman–Crippen LogP) is 3.05. The number of furan rings is 1. The van der Waals surface area contributed by atoms with Crippen LogP contribution in [-0.2, 0) is 10.0 Å². The molecule has 27 heavy (non-hydrogen) atoms. The number of hydrogen-bond donors (Lipinski definition) is 1. The zero-order valence-electron chi connectivity index (χ0n) is 14.8. The number of rotatable bonds is 4. The Morgan fingerprint density at radius 2 is 2.07 bits per heavy atom. The summed E-state index contributed by atoms with van der Waals surface area (Å²) in [5.74, 6) is -3.20. The minimum atomic E-state index is -4.05. The second-order valence-corrected chi connectivity index (χ2v) is 9.20. The van der Waals surface area contributed by atoms with Crippen molar-refractivity contribution in [3.8, 4) is 0 Å². The van der Waals surface area contributed by atoms with Crippen molar-refractivity contribution in [2.45, 2.75) is 49.5 Å². The summed E-state index contributed by atoms with van der Waals surface area (Å²) >= 11 is 0. The Hall–Kier alpha value is -2.00. The molecule has 1 amide bonds. The fraction of sp³-hybridized carbons (Fsp3) is 0.500. The number of nitrogens with one attached hydrogen (secondary N) is 1. The first-order valence-corrected chi connectivity index (χ1v) is 10.3. The molecule has 1 aliphatic heterocycles. The summed E-state index contributed by atoms with van der Waals surface area (Å²) in [5.41, 5.74) is 0.917. The van der Waals surface area contributed by atoms with Gasteiger partial charge in [-0.15, -0.1) is 0 Å². The molecule has 1 saturated heterocycles. The first kappa shape index (κ1) is 18.4. The number of amides is 1. The highest BCUT2D eigenvalue weighted by Gasteiger charge is 2.40. The first-order valence-electron chi connectivity index (χ1n) is 8.89. The van der Waals surface area contributed by atoms with Crippen molar-refractivity contribution in [1.29, 1.82) is 0 Å². The van der Waals surface area contributed by atoms with Crippen LogP contribution in [0.4, 0.5) is 8.78 Å². The monoisotopic (exact) mass is 398 g/mol. The summed E-state index contributed by atoms with van der Waals surface area (Å²) in [6, 6.07) is 4.35. The smallest absolute Gasteiger partial charge is 0.287 e. The van der Waals surface area contributed by atoms with Crippen molar-refractivity contribution in [2.24, 2.45) is 0 Å². The molecule has 2 fully saturated rings. The van der Waals surface area contributed by atoms with E-state index in [0.29, 0.717) is 16.5 Å². The van der Waals surface area contributed by atoms with Gasteiger partial charge in [-0.2, -0.15) is 4.31 Å². The first-order chi connectivity index (χ1) is 12.7. The quantitative estimate of drug-likeness (QED) is 0.859. The Bertz CT molecular complexity index is 1010. The van der Waals surface area contributed by atoms with Gasteiger partial charge in [0.25, 0.3) is 11.8 Å². The van der Waals surface area contributed by atoms with Gasteiger partial charge in [-0.1, -0.05) is 0 Å². The number of aryl methyl sites for hydroxylation is 1. The van der Waals surface area contributed by atoms with E-state index in [-0.39, 0.29) is 42.0 Å². The average Bonchev–Trinajstić information content (AvgIpc) is 3.35. The third-order valence-corrected chi connectivity index (χ3v) is 6.86. The minimum absolute atomic E-state index is 0.0649. The van der Waals surface area contributed by atoms with Gasteiger partial charge in [0.05, 0.1) is 11.4 Å². The van der Waals surface area contributed by atoms with E-state index < -0.39 is 22.5 Å². The molecular formula is C18H20F2N2O4S. The summed E-state index contributed by atoms with van der Waals surface area (Å²) in [4.78, 5) is 12.2. The van der Waals surface area contributed by atoms with Gasteiger partial charge < -0.3 is 9.73 Å². The number of sulfonamides is 1. The van der Waals surface area contributed by atoms with E-state index in [2.05, 4.69) is 5.32 Å². The third kappa shape index (κ3) is 3.45. The highest BCUT2D eigenvalue weighted by atomic mass is 32.2. The summed E-state index contributed by atoms with van der Waals surface area (Å²) in [7, 11) is -4.05. The summed E-state index contributed by atoms with van der Waals surface area (Å²) in [6.07, 6.45) is 1.69. The summed E-state index contributed by atoms with van der Waals surface area (Å²) < 4.78 is 59.3. The number of fused-ring (bicyclic) bond motifs is 1. The average molecular weight is 398 g/mol. The van der Waals surface area contributed by atoms with Crippen LogP contribution in [0.2, 0.25) is 0 Å². The Labute approximate surface area is 155 Å². The number of carbonyl (C=O) groups excluding carboxylic acids is 1. The van der Waals surface area contributed by atoms with Crippen LogP contribution in [0.5, 0.6) is 0 Å². The van der Waals surface area contributed by atoms with Crippen LogP contribution < -0.4 is 5.32 Å². The van der Waals surface area contributed by atoms with Crippen molar-refractivity contribution in [3.05, 3.63) is 29.5 Å². The fourth-order valence-corrected chi connectivity index (χ4v) is 4.87. The molecule has 4 rings (SSSR count). The van der Waals surface area contributed by atoms with Crippen molar-refractivity contribution in [2.75, 3.05) is 13.1 Å². The number of hydrogen-bond acceptors (Lipinski definition) is 4. The van der Waals surface area contributed by atoms with Crippen LogP contribution in [0, 0.1) is 6.92 Å². The molecule has 0 bridgehead atoms. The van der Waals surface area contributed by atoms with Crippen LogP contribution in [0.1, 0.15) is 41.8 Å². The lowest BCUT2D eigenvalue weighted by Gasteiger charge is -2.31. The lowest BCUT2D eigenvalue weighted by atomic mass is 10.1. The molecule has 0 atom stereocenters. The van der Waals surface area contributed by atoms with Crippen LogP contribution in [-0.4, -0.2) is 43.7 Å². The van der Waals surface area contributed by atoms with Crippen molar-refractivity contribution in [3.63, 3.8) is 0 Å². The van der Waals surface area contributed by atoms with E-state index in [4.69, 9.17) is 4.42 Å². The Morgan fingerprint density at radius 1 is 1.33 bits per heavy atom. The summed E-state index contributed by atoms with van der Waals surface area (Å²) in [6.45, 7) is 0.932. The number of alkyl halides is 2. The standard InChI is InChI=1S/C18H20F2N2O4S/c1-11-14-9-13(27(24,25)22-8-2-7-18(19,20)10-22)5-6-15(14)26-16(11)17(23)21-12-3-4-12/h5-6,9,12H,2-4,7-8,10H2,1H3,(H,21,23). The Morgan fingerprint density at radius 3 is 2.74 bits per heavy atom. The lowest BCUT2D eigenvalue weighted by Crippen LogP contribution is -2.45. The van der Waals surface area contributed by atoms with Gasteiger partial charge in [-0.05, 0) is 44.4 Å². The molecule has 2 aromatic rings. The topological polar surface area (TPSA) is 79.6 Å². The highest BCUT2D eigenvalue weighted by Crippen LogP contribution is 2.33. The number of benzene rings is 1. The number of nitrogens with zero attached hydrogens (tertiary/aromatic N) is 1.